The predicted molar refractivity (Wildman–Crippen MR) is 126 cm³/mol. The van der Waals surface area contributed by atoms with Crippen molar-refractivity contribution in [1.29, 1.82) is 0 Å². The van der Waals surface area contributed by atoms with Gasteiger partial charge in [0.05, 0.1) is 26.3 Å². The third kappa shape index (κ3) is 4.42. The van der Waals surface area contributed by atoms with Gasteiger partial charge in [-0.05, 0) is 36.6 Å². The van der Waals surface area contributed by atoms with Gasteiger partial charge in [-0.2, -0.15) is 0 Å². The highest BCUT2D eigenvalue weighted by Crippen LogP contribution is 2.34. The quantitative estimate of drug-likeness (QED) is 0.702. The van der Waals surface area contributed by atoms with Crippen molar-refractivity contribution in [2.45, 2.75) is 25.4 Å². The largest absolute Gasteiger partial charge is 0.439 e. The van der Waals surface area contributed by atoms with Crippen molar-refractivity contribution in [2.75, 3.05) is 57.4 Å². The molecule has 2 amide bonds. The summed E-state index contributed by atoms with van der Waals surface area (Å²) in [5.41, 5.74) is 3.42. The number of carbonyl (C=O) groups excluding carboxylic acids is 2. The minimum atomic E-state index is -0.598. The number of likely N-dealkylation sites (tertiary alicyclic amines) is 1. The van der Waals surface area contributed by atoms with E-state index >= 15 is 0 Å². The summed E-state index contributed by atoms with van der Waals surface area (Å²) in [5.74, 6) is 0.0123. The highest BCUT2D eigenvalue weighted by atomic mass is 16.6. The number of rotatable bonds is 5. The first-order chi connectivity index (χ1) is 16.0. The first-order valence-electron chi connectivity index (χ1n) is 11.8. The van der Waals surface area contributed by atoms with Crippen molar-refractivity contribution in [1.82, 2.24) is 9.80 Å². The number of anilines is 1. The smallest absolute Gasteiger partial charge is 0.410 e. The molecule has 0 saturated carbocycles. The third-order valence-corrected chi connectivity index (χ3v) is 7.05. The van der Waals surface area contributed by atoms with Gasteiger partial charge in [0.1, 0.15) is 0 Å². The average Bonchev–Trinajstić information content (AvgIpc) is 3.40. The van der Waals surface area contributed by atoms with E-state index in [0.29, 0.717) is 45.8 Å². The zero-order chi connectivity index (χ0) is 22.8. The average molecular weight is 450 g/mol. The molecule has 3 fully saturated rings. The van der Waals surface area contributed by atoms with Gasteiger partial charge in [0, 0.05) is 43.9 Å². The molecule has 0 N–H and O–H groups in total. The number of benzene rings is 2. The molecule has 7 heteroatoms. The summed E-state index contributed by atoms with van der Waals surface area (Å²) in [6, 6.07) is 16.1. The van der Waals surface area contributed by atoms with Crippen LogP contribution < -0.4 is 4.90 Å². The number of ether oxygens (including phenoxy) is 2. The summed E-state index contributed by atoms with van der Waals surface area (Å²) in [6.07, 6.45) is 1.20. The zero-order valence-corrected chi connectivity index (χ0v) is 19.2. The van der Waals surface area contributed by atoms with Crippen LogP contribution in [0.3, 0.4) is 0 Å². The lowest BCUT2D eigenvalue weighted by molar-refractivity contribution is 0.0552. The Bertz CT molecular complexity index is 1020. The van der Waals surface area contributed by atoms with Crippen molar-refractivity contribution in [3.05, 3.63) is 65.2 Å². The van der Waals surface area contributed by atoms with E-state index in [4.69, 9.17) is 9.47 Å². The van der Waals surface area contributed by atoms with Crippen LogP contribution in [0.4, 0.5) is 10.5 Å². The summed E-state index contributed by atoms with van der Waals surface area (Å²) in [4.78, 5) is 31.9. The van der Waals surface area contributed by atoms with E-state index in [9.17, 15) is 9.59 Å². The second kappa shape index (κ2) is 9.06. The van der Waals surface area contributed by atoms with Crippen LogP contribution in [0.5, 0.6) is 0 Å². The molecule has 1 spiro atoms. The number of hydrogen-bond acceptors (Lipinski definition) is 5. The molecule has 33 heavy (non-hydrogen) atoms. The molecule has 3 aliphatic heterocycles. The summed E-state index contributed by atoms with van der Waals surface area (Å²) in [6.45, 7) is 7.30. The summed E-state index contributed by atoms with van der Waals surface area (Å²) < 4.78 is 11.3. The first-order valence-corrected chi connectivity index (χ1v) is 11.8. The van der Waals surface area contributed by atoms with Crippen LogP contribution in [-0.4, -0.2) is 79.9 Å². The molecule has 2 aromatic carbocycles. The molecular weight excluding hydrogens is 418 g/mol. The van der Waals surface area contributed by atoms with Gasteiger partial charge in [0.25, 0.3) is 5.91 Å². The molecule has 0 radical (unpaired) electrons. The molecule has 0 bridgehead atoms. The van der Waals surface area contributed by atoms with E-state index in [1.54, 1.807) is 4.90 Å². The van der Waals surface area contributed by atoms with Crippen LogP contribution in [0.1, 0.15) is 27.9 Å². The molecule has 3 heterocycles. The number of morpholine rings is 1. The van der Waals surface area contributed by atoms with E-state index < -0.39 is 5.60 Å². The number of carbonyl (C=O) groups is 2. The lowest BCUT2D eigenvalue weighted by Crippen LogP contribution is -2.40. The van der Waals surface area contributed by atoms with Gasteiger partial charge in [0.2, 0.25) is 0 Å². The molecular formula is C26H31N3O4. The van der Waals surface area contributed by atoms with Gasteiger partial charge < -0.3 is 24.2 Å². The Balaban J connectivity index is 1.24. The fourth-order valence-electron chi connectivity index (χ4n) is 5.18. The van der Waals surface area contributed by atoms with E-state index in [1.165, 1.54) is 5.56 Å². The van der Waals surface area contributed by atoms with Crippen LogP contribution in [0.2, 0.25) is 0 Å². The van der Waals surface area contributed by atoms with Crippen molar-refractivity contribution < 1.29 is 19.1 Å². The topological polar surface area (TPSA) is 62.3 Å². The van der Waals surface area contributed by atoms with Gasteiger partial charge >= 0.3 is 6.09 Å². The van der Waals surface area contributed by atoms with E-state index in [1.807, 2.05) is 42.2 Å². The summed E-state index contributed by atoms with van der Waals surface area (Å²) >= 11 is 0. The normalized spacial score (nSPS) is 22.8. The van der Waals surface area contributed by atoms with Crippen LogP contribution in [-0.2, 0) is 15.9 Å². The third-order valence-electron chi connectivity index (χ3n) is 7.05. The van der Waals surface area contributed by atoms with E-state index in [2.05, 4.69) is 23.1 Å². The Morgan fingerprint density at radius 1 is 1.00 bits per heavy atom. The van der Waals surface area contributed by atoms with Crippen molar-refractivity contribution >= 4 is 17.7 Å². The molecule has 0 aliphatic carbocycles. The molecule has 1 atom stereocenters. The van der Waals surface area contributed by atoms with Gasteiger partial charge in [0.15, 0.2) is 5.60 Å². The number of nitrogens with zero attached hydrogens (tertiary/aromatic N) is 3. The number of amides is 2. The lowest BCUT2D eigenvalue weighted by Gasteiger charge is -2.31. The Kier molecular flexibility index (Phi) is 5.98. The molecule has 0 aromatic heterocycles. The molecule has 174 valence electrons. The van der Waals surface area contributed by atoms with Crippen molar-refractivity contribution in [3.63, 3.8) is 0 Å². The zero-order valence-electron chi connectivity index (χ0n) is 19.2. The van der Waals surface area contributed by atoms with E-state index in [-0.39, 0.29) is 12.0 Å². The molecule has 0 unspecified atom stereocenters. The fourth-order valence-corrected chi connectivity index (χ4v) is 5.18. The lowest BCUT2D eigenvalue weighted by atomic mass is 10.0. The van der Waals surface area contributed by atoms with Gasteiger partial charge in [-0.3, -0.25) is 4.79 Å². The Labute approximate surface area is 194 Å². The Hall–Kier alpha value is -3.06. The van der Waals surface area contributed by atoms with Crippen LogP contribution in [0.25, 0.3) is 0 Å². The SMILES string of the molecule is Cc1c(C(=O)N2CC[C@@]3(CN(CCc4ccccc4)C(=O)O3)C2)cccc1N1CCOCC1. The highest BCUT2D eigenvalue weighted by Gasteiger charge is 2.50. The summed E-state index contributed by atoms with van der Waals surface area (Å²) in [7, 11) is 0. The van der Waals surface area contributed by atoms with Gasteiger partial charge in [-0.15, -0.1) is 0 Å². The summed E-state index contributed by atoms with van der Waals surface area (Å²) in [5, 5.41) is 0. The maximum atomic E-state index is 13.4. The van der Waals surface area contributed by atoms with Gasteiger partial charge in [-0.1, -0.05) is 36.4 Å². The van der Waals surface area contributed by atoms with Crippen LogP contribution in [0.15, 0.2) is 48.5 Å². The maximum Gasteiger partial charge on any atom is 0.410 e. The Morgan fingerprint density at radius 3 is 2.58 bits per heavy atom. The first kappa shape index (κ1) is 21.8. The second-order valence-corrected chi connectivity index (χ2v) is 9.23. The minimum Gasteiger partial charge on any atom is -0.439 e. The molecule has 3 aliphatic rings. The fraction of sp³-hybridized carbons (Fsp3) is 0.462. The highest BCUT2D eigenvalue weighted by molar-refractivity contribution is 5.97. The molecule has 2 aromatic rings. The number of hydrogen-bond donors (Lipinski definition) is 0. The van der Waals surface area contributed by atoms with Crippen molar-refractivity contribution in [3.8, 4) is 0 Å². The van der Waals surface area contributed by atoms with Crippen molar-refractivity contribution in [2.24, 2.45) is 0 Å². The monoisotopic (exact) mass is 449 g/mol. The molecule has 7 nitrogen and oxygen atoms in total. The Morgan fingerprint density at radius 2 is 1.79 bits per heavy atom. The van der Waals surface area contributed by atoms with Crippen LogP contribution in [0, 0.1) is 6.92 Å². The molecule has 5 rings (SSSR count). The van der Waals surface area contributed by atoms with Gasteiger partial charge in [-0.25, -0.2) is 4.79 Å². The molecule has 3 saturated heterocycles. The minimum absolute atomic E-state index is 0.0123. The van der Waals surface area contributed by atoms with E-state index in [0.717, 1.165) is 36.3 Å². The van der Waals surface area contributed by atoms with Crippen LogP contribution >= 0.6 is 0 Å². The predicted octanol–water partition coefficient (Wildman–Crippen LogP) is 3.11. The standard InChI is InChI=1S/C26H31N3O4/c1-20-22(8-5-9-23(20)27-14-16-32-17-15-27)24(30)28-13-11-26(18-28)19-29(25(31)33-26)12-10-21-6-3-2-4-7-21/h2-9H,10-19H2,1H3/t26-/m0/s1. The second-order valence-electron chi connectivity index (χ2n) is 9.23. The maximum absolute atomic E-state index is 13.4.